The van der Waals surface area contributed by atoms with Gasteiger partial charge in [0.25, 0.3) is 0 Å². The zero-order chi connectivity index (χ0) is 17.3. The molecule has 0 bridgehead atoms. The molecule has 5 nitrogen and oxygen atoms in total. The van der Waals surface area contributed by atoms with Gasteiger partial charge in [0.05, 0.1) is 22.0 Å². The number of fused-ring (bicyclic) bond motifs is 1. The van der Waals surface area contributed by atoms with Crippen LogP contribution in [-0.4, -0.2) is 22.1 Å². The van der Waals surface area contributed by atoms with Gasteiger partial charge in [0, 0.05) is 24.3 Å². The first-order chi connectivity index (χ1) is 11.5. The Labute approximate surface area is 143 Å². The summed E-state index contributed by atoms with van der Waals surface area (Å²) in [4.78, 5) is 30.0. The van der Waals surface area contributed by atoms with E-state index in [1.807, 2.05) is 36.7 Å². The van der Waals surface area contributed by atoms with Crippen molar-refractivity contribution in [3.05, 3.63) is 51.4 Å². The van der Waals surface area contributed by atoms with E-state index in [9.17, 15) is 9.59 Å². The van der Waals surface area contributed by atoms with Crippen molar-refractivity contribution in [2.45, 2.75) is 27.3 Å². The second kappa shape index (κ2) is 6.57. The van der Waals surface area contributed by atoms with Crippen LogP contribution in [-0.2, 0) is 11.3 Å². The highest BCUT2D eigenvalue weighted by Gasteiger charge is 2.16. The van der Waals surface area contributed by atoms with E-state index in [1.54, 1.807) is 30.5 Å². The van der Waals surface area contributed by atoms with Crippen LogP contribution in [0.1, 0.15) is 29.2 Å². The van der Waals surface area contributed by atoms with Crippen molar-refractivity contribution in [1.29, 1.82) is 0 Å². The molecule has 2 heterocycles. The third-order valence-electron chi connectivity index (χ3n) is 3.82. The molecule has 0 aliphatic carbocycles. The van der Waals surface area contributed by atoms with Gasteiger partial charge < -0.3 is 9.30 Å². The van der Waals surface area contributed by atoms with E-state index in [1.165, 1.54) is 0 Å². The largest absolute Gasteiger partial charge is 0.462 e. The molecule has 6 heteroatoms. The van der Waals surface area contributed by atoms with E-state index in [4.69, 9.17) is 4.74 Å². The standard InChI is InChI=1S/C18H18N2O3S/c1-4-20-10-14(18(22)23-5-2)17(21)13-7-6-12(8-15(13)20)16-9-19-11(3)24-16/h6-10H,4-5H2,1-3H3. The lowest BCUT2D eigenvalue weighted by Crippen LogP contribution is -2.20. The zero-order valence-corrected chi connectivity index (χ0v) is 14.6. The summed E-state index contributed by atoms with van der Waals surface area (Å²) in [6.45, 7) is 6.55. The minimum absolute atomic E-state index is 0.0765. The summed E-state index contributed by atoms with van der Waals surface area (Å²) < 4.78 is 6.90. The fourth-order valence-electron chi connectivity index (χ4n) is 2.65. The van der Waals surface area contributed by atoms with Crippen LogP contribution in [0.4, 0.5) is 0 Å². The van der Waals surface area contributed by atoms with E-state index in [0.717, 1.165) is 21.0 Å². The Balaban J connectivity index is 2.22. The summed E-state index contributed by atoms with van der Waals surface area (Å²) in [7, 11) is 0. The van der Waals surface area contributed by atoms with Gasteiger partial charge in [-0.1, -0.05) is 6.07 Å². The number of benzene rings is 1. The van der Waals surface area contributed by atoms with Crippen molar-refractivity contribution in [2.24, 2.45) is 0 Å². The van der Waals surface area contributed by atoms with Gasteiger partial charge in [0.1, 0.15) is 5.56 Å². The molecule has 24 heavy (non-hydrogen) atoms. The number of carbonyl (C=O) groups is 1. The molecule has 1 aromatic carbocycles. The lowest BCUT2D eigenvalue weighted by Gasteiger charge is -2.12. The van der Waals surface area contributed by atoms with Gasteiger partial charge in [-0.05, 0) is 38.5 Å². The van der Waals surface area contributed by atoms with Crippen LogP contribution < -0.4 is 5.43 Å². The average Bonchev–Trinajstić information content (AvgIpc) is 3.01. The van der Waals surface area contributed by atoms with Crippen LogP contribution in [0.25, 0.3) is 21.3 Å². The maximum atomic E-state index is 12.6. The summed E-state index contributed by atoms with van der Waals surface area (Å²) in [5, 5.41) is 1.52. The van der Waals surface area contributed by atoms with Crippen LogP contribution in [0.5, 0.6) is 0 Å². The van der Waals surface area contributed by atoms with Gasteiger partial charge in [-0.3, -0.25) is 4.79 Å². The first-order valence-corrected chi connectivity index (χ1v) is 8.64. The van der Waals surface area contributed by atoms with Gasteiger partial charge in [-0.2, -0.15) is 0 Å². The van der Waals surface area contributed by atoms with Crippen molar-refractivity contribution >= 4 is 28.2 Å². The Morgan fingerprint density at radius 2 is 2.12 bits per heavy atom. The highest BCUT2D eigenvalue weighted by Crippen LogP contribution is 2.28. The van der Waals surface area contributed by atoms with E-state index >= 15 is 0 Å². The molecule has 0 aliphatic rings. The van der Waals surface area contributed by atoms with E-state index < -0.39 is 5.97 Å². The van der Waals surface area contributed by atoms with Crippen molar-refractivity contribution in [2.75, 3.05) is 6.61 Å². The molecule has 0 N–H and O–H groups in total. The fourth-order valence-corrected chi connectivity index (χ4v) is 3.43. The summed E-state index contributed by atoms with van der Waals surface area (Å²) in [5.41, 5.74) is 1.60. The fraction of sp³-hybridized carbons (Fsp3) is 0.278. The molecule has 0 atom stereocenters. The van der Waals surface area contributed by atoms with Gasteiger partial charge in [-0.25, -0.2) is 9.78 Å². The number of esters is 1. The predicted octanol–water partition coefficient (Wildman–Crippen LogP) is 3.63. The zero-order valence-electron chi connectivity index (χ0n) is 13.8. The quantitative estimate of drug-likeness (QED) is 0.679. The smallest absolute Gasteiger partial charge is 0.343 e. The number of aryl methyl sites for hydroxylation is 2. The molecule has 0 spiro atoms. The molecular formula is C18H18N2O3S. The first-order valence-electron chi connectivity index (χ1n) is 7.82. The van der Waals surface area contributed by atoms with E-state index in [2.05, 4.69) is 4.98 Å². The second-order valence-electron chi connectivity index (χ2n) is 5.35. The Morgan fingerprint density at radius 3 is 2.75 bits per heavy atom. The van der Waals surface area contributed by atoms with Gasteiger partial charge in [0.15, 0.2) is 0 Å². The Morgan fingerprint density at radius 1 is 1.33 bits per heavy atom. The number of nitrogens with zero attached hydrogens (tertiary/aromatic N) is 2. The number of ether oxygens (including phenoxy) is 1. The van der Waals surface area contributed by atoms with Crippen molar-refractivity contribution < 1.29 is 9.53 Å². The van der Waals surface area contributed by atoms with Crippen LogP contribution in [0.2, 0.25) is 0 Å². The Kier molecular flexibility index (Phi) is 4.49. The number of aromatic nitrogens is 2. The van der Waals surface area contributed by atoms with Crippen molar-refractivity contribution in [3.8, 4) is 10.4 Å². The summed E-state index contributed by atoms with van der Waals surface area (Å²) in [6.07, 6.45) is 3.42. The molecule has 0 aliphatic heterocycles. The second-order valence-corrected chi connectivity index (χ2v) is 6.59. The van der Waals surface area contributed by atoms with Crippen LogP contribution in [0.15, 0.2) is 35.4 Å². The van der Waals surface area contributed by atoms with Gasteiger partial charge in [-0.15, -0.1) is 11.3 Å². The molecule has 0 amide bonds. The molecule has 3 rings (SSSR count). The number of rotatable bonds is 4. The molecule has 0 saturated carbocycles. The number of pyridine rings is 1. The molecule has 3 aromatic rings. The molecule has 0 unspecified atom stereocenters. The lowest BCUT2D eigenvalue weighted by atomic mass is 10.1. The SMILES string of the molecule is CCOC(=O)c1cn(CC)c2cc(-c3cnc(C)s3)ccc2c1=O. The number of hydrogen-bond donors (Lipinski definition) is 0. The number of carbonyl (C=O) groups excluding carboxylic acids is 1. The predicted molar refractivity (Wildman–Crippen MR) is 95.7 cm³/mol. The molecule has 2 aromatic heterocycles. The summed E-state index contributed by atoms with van der Waals surface area (Å²) in [5.74, 6) is -0.575. The molecule has 124 valence electrons. The van der Waals surface area contributed by atoms with Crippen molar-refractivity contribution in [1.82, 2.24) is 9.55 Å². The molecule has 0 radical (unpaired) electrons. The molecule has 0 saturated heterocycles. The van der Waals surface area contributed by atoms with E-state index in [0.29, 0.717) is 11.9 Å². The maximum absolute atomic E-state index is 12.6. The number of thiazole rings is 1. The third kappa shape index (κ3) is 2.85. The summed E-state index contributed by atoms with van der Waals surface area (Å²) in [6, 6.07) is 5.64. The van der Waals surface area contributed by atoms with E-state index in [-0.39, 0.29) is 17.6 Å². The molecular weight excluding hydrogens is 324 g/mol. The summed E-state index contributed by atoms with van der Waals surface area (Å²) >= 11 is 1.61. The Hall–Kier alpha value is -2.47. The normalized spacial score (nSPS) is 11.0. The van der Waals surface area contributed by atoms with Gasteiger partial charge >= 0.3 is 5.97 Å². The van der Waals surface area contributed by atoms with Crippen LogP contribution in [0, 0.1) is 6.92 Å². The number of hydrogen-bond acceptors (Lipinski definition) is 5. The van der Waals surface area contributed by atoms with Crippen molar-refractivity contribution in [3.63, 3.8) is 0 Å². The highest BCUT2D eigenvalue weighted by atomic mass is 32.1. The van der Waals surface area contributed by atoms with Crippen LogP contribution >= 0.6 is 11.3 Å². The Bertz CT molecular complexity index is 972. The highest BCUT2D eigenvalue weighted by molar-refractivity contribution is 7.15. The minimum atomic E-state index is -0.575. The molecule has 0 fully saturated rings. The average molecular weight is 342 g/mol. The minimum Gasteiger partial charge on any atom is -0.462 e. The lowest BCUT2D eigenvalue weighted by molar-refractivity contribution is 0.0524. The third-order valence-corrected chi connectivity index (χ3v) is 4.79. The van der Waals surface area contributed by atoms with Gasteiger partial charge in [0.2, 0.25) is 5.43 Å². The first kappa shape index (κ1) is 16.4. The van der Waals surface area contributed by atoms with Crippen LogP contribution in [0.3, 0.4) is 0 Å². The monoisotopic (exact) mass is 342 g/mol. The topological polar surface area (TPSA) is 61.2 Å². The maximum Gasteiger partial charge on any atom is 0.343 e.